The number of rotatable bonds is 5. The van der Waals surface area contributed by atoms with E-state index in [9.17, 15) is 4.79 Å². The highest BCUT2D eigenvalue weighted by atomic mass is 32.2. The summed E-state index contributed by atoms with van der Waals surface area (Å²) in [4.78, 5) is 19.8. The van der Waals surface area contributed by atoms with Gasteiger partial charge in [0, 0.05) is 6.42 Å². The van der Waals surface area contributed by atoms with Gasteiger partial charge >= 0.3 is 0 Å². The Kier molecular flexibility index (Phi) is 5.62. The lowest BCUT2D eigenvalue weighted by Crippen LogP contribution is -2.13. The van der Waals surface area contributed by atoms with Gasteiger partial charge in [-0.1, -0.05) is 6.92 Å². The molecule has 0 unspecified atom stereocenters. The third-order valence-electron chi connectivity index (χ3n) is 1.91. The molecule has 0 bridgehead atoms. The first-order valence-corrected chi connectivity index (χ1v) is 7.40. The van der Waals surface area contributed by atoms with Gasteiger partial charge in [-0.05, 0) is 18.9 Å². The molecule has 1 amide bonds. The molecule has 6 heteroatoms. The van der Waals surface area contributed by atoms with E-state index < -0.39 is 0 Å². The van der Waals surface area contributed by atoms with Gasteiger partial charge in [0.2, 0.25) is 5.91 Å². The van der Waals surface area contributed by atoms with Gasteiger partial charge in [-0.2, -0.15) is 0 Å². The first-order chi connectivity index (χ1) is 7.72. The van der Waals surface area contributed by atoms with Crippen LogP contribution in [0.2, 0.25) is 0 Å². The van der Waals surface area contributed by atoms with Gasteiger partial charge in [0.25, 0.3) is 0 Å². The van der Waals surface area contributed by atoms with Crippen molar-refractivity contribution >= 4 is 35.1 Å². The van der Waals surface area contributed by atoms with E-state index in [0.29, 0.717) is 6.42 Å². The molecule has 4 nitrogen and oxygen atoms in total. The minimum Gasteiger partial charge on any atom is -0.322 e. The van der Waals surface area contributed by atoms with Crippen molar-refractivity contribution in [3.05, 3.63) is 6.33 Å². The monoisotopic (exact) mass is 257 g/mol. The summed E-state index contributed by atoms with van der Waals surface area (Å²) < 4.78 is 0. The molecule has 88 valence electrons. The molecule has 0 aliphatic rings. The van der Waals surface area contributed by atoms with E-state index in [1.165, 1.54) is 29.9 Å². The molecule has 0 radical (unpaired) electrons. The van der Waals surface area contributed by atoms with Crippen molar-refractivity contribution in [2.45, 2.75) is 29.8 Å². The van der Waals surface area contributed by atoms with Gasteiger partial charge in [0.15, 0.2) is 0 Å². The Morgan fingerprint density at radius 2 is 1.88 bits per heavy atom. The minimum atomic E-state index is 0.0166. The normalized spacial score (nSPS) is 10.2. The summed E-state index contributed by atoms with van der Waals surface area (Å²) in [6, 6.07) is 0. The highest BCUT2D eigenvalue weighted by Crippen LogP contribution is 2.30. The molecule has 0 aromatic carbocycles. The van der Waals surface area contributed by atoms with Crippen LogP contribution in [0.25, 0.3) is 0 Å². The number of hydrogen-bond donors (Lipinski definition) is 1. The molecule has 0 atom stereocenters. The maximum absolute atomic E-state index is 11.6. The Labute approximate surface area is 104 Å². The Bertz CT molecular complexity index is 349. The van der Waals surface area contributed by atoms with Crippen molar-refractivity contribution < 1.29 is 4.79 Å². The molecule has 0 fully saturated rings. The van der Waals surface area contributed by atoms with E-state index in [1.807, 2.05) is 19.4 Å². The van der Waals surface area contributed by atoms with Crippen LogP contribution >= 0.6 is 23.5 Å². The van der Waals surface area contributed by atoms with Gasteiger partial charge in [-0.15, -0.1) is 23.5 Å². The van der Waals surface area contributed by atoms with Crippen LogP contribution in [0.1, 0.15) is 19.8 Å². The Hall–Kier alpha value is -0.750. The average molecular weight is 257 g/mol. The zero-order valence-corrected chi connectivity index (χ0v) is 11.2. The first kappa shape index (κ1) is 13.3. The molecule has 0 saturated carbocycles. The lowest BCUT2D eigenvalue weighted by molar-refractivity contribution is -0.116. The lowest BCUT2D eigenvalue weighted by Gasteiger charge is -2.10. The molecule has 0 aliphatic heterocycles. The molecule has 16 heavy (non-hydrogen) atoms. The highest BCUT2D eigenvalue weighted by Gasteiger charge is 2.12. The Morgan fingerprint density at radius 1 is 1.31 bits per heavy atom. The van der Waals surface area contributed by atoms with E-state index in [4.69, 9.17) is 0 Å². The van der Waals surface area contributed by atoms with Crippen molar-refractivity contribution in [2.75, 3.05) is 17.8 Å². The second kappa shape index (κ2) is 6.75. The molecule has 1 aromatic rings. The van der Waals surface area contributed by atoms with E-state index in [1.54, 1.807) is 0 Å². The summed E-state index contributed by atoms with van der Waals surface area (Å²) >= 11 is 3.01. The second-order valence-corrected chi connectivity index (χ2v) is 4.66. The summed E-state index contributed by atoms with van der Waals surface area (Å²) in [5, 5.41) is 4.49. The summed E-state index contributed by atoms with van der Waals surface area (Å²) in [5.74, 6) is 0.0166. The average Bonchev–Trinajstić information content (AvgIpc) is 2.29. The number of nitrogens with zero attached hydrogens (tertiary/aromatic N) is 2. The summed E-state index contributed by atoms with van der Waals surface area (Å²) in [5.41, 5.74) is 0.737. The minimum absolute atomic E-state index is 0.0166. The second-order valence-electron chi connectivity index (χ2n) is 3.07. The molecular formula is C10H15N3OS2. The summed E-state index contributed by atoms with van der Waals surface area (Å²) in [6.07, 6.45) is 6.75. The number of nitrogens with one attached hydrogen (secondary N) is 1. The number of amides is 1. The molecule has 1 rings (SSSR count). The SMILES string of the molecule is CCCC(=O)Nc1c(SC)ncnc1SC. The predicted octanol–water partition coefficient (Wildman–Crippen LogP) is 2.66. The van der Waals surface area contributed by atoms with Crippen LogP contribution in [0.15, 0.2) is 16.4 Å². The topological polar surface area (TPSA) is 54.9 Å². The van der Waals surface area contributed by atoms with Gasteiger partial charge in [-0.3, -0.25) is 4.79 Å². The van der Waals surface area contributed by atoms with Crippen molar-refractivity contribution in [2.24, 2.45) is 0 Å². The van der Waals surface area contributed by atoms with Crippen LogP contribution in [-0.2, 0) is 4.79 Å². The van der Waals surface area contributed by atoms with Crippen LogP contribution in [0.4, 0.5) is 5.69 Å². The maximum atomic E-state index is 11.6. The standard InChI is InChI=1S/C10H15N3OS2/c1-4-5-7(14)13-8-9(15-2)11-6-12-10(8)16-3/h6H,4-5H2,1-3H3,(H,13,14). The van der Waals surface area contributed by atoms with Crippen molar-refractivity contribution in [3.63, 3.8) is 0 Å². The fraction of sp³-hybridized carbons (Fsp3) is 0.500. The van der Waals surface area contributed by atoms with Crippen LogP contribution in [0, 0.1) is 0 Å². The lowest BCUT2D eigenvalue weighted by atomic mass is 10.3. The van der Waals surface area contributed by atoms with Crippen LogP contribution in [-0.4, -0.2) is 28.4 Å². The molecule has 0 aliphatic carbocycles. The molecular weight excluding hydrogens is 242 g/mol. The third kappa shape index (κ3) is 3.38. The van der Waals surface area contributed by atoms with Crippen LogP contribution in [0.3, 0.4) is 0 Å². The summed E-state index contributed by atoms with van der Waals surface area (Å²) in [7, 11) is 0. The number of thioether (sulfide) groups is 2. The van der Waals surface area contributed by atoms with E-state index in [-0.39, 0.29) is 5.91 Å². The van der Waals surface area contributed by atoms with E-state index in [0.717, 1.165) is 22.2 Å². The van der Waals surface area contributed by atoms with Crippen LogP contribution in [0.5, 0.6) is 0 Å². The zero-order valence-electron chi connectivity index (χ0n) is 9.61. The number of anilines is 1. The van der Waals surface area contributed by atoms with E-state index in [2.05, 4.69) is 15.3 Å². The van der Waals surface area contributed by atoms with Gasteiger partial charge in [0.05, 0.1) is 0 Å². The summed E-state index contributed by atoms with van der Waals surface area (Å²) in [6.45, 7) is 1.98. The smallest absolute Gasteiger partial charge is 0.224 e. The fourth-order valence-corrected chi connectivity index (χ4v) is 2.27. The molecule has 0 spiro atoms. The molecule has 0 saturated heterocycles. The molecule has 1 N–H and O–H groups in total. The number of aromatic nitrogens is 2. The van der Waals surface area contributed by atoms with Crippen molar-refractivity contribution in [1.29, 1.82) is 0 Å². The van der Waals surface area contributed by atoms with Crippen molar-refractivity contribution in [1.82, 2.24) is 9.97 Å². The molecule has 1 aromatic heterocycles. The maximum Gasteiger partial charge on any atom is 0.224 e. The Balaban J connectivity index is 2.95. The zero-order chi connectivity index (χ0) is 12.0. The van der Waals surface area contributed by atoms with E-state index >= 15 is 0 Å². The van der Waals surface area contributed by atoms with Crippen molar-refractivity contribution in [3.8, 4) is 0 Å². The molecule has 1 heterocycles. The highest BCUT2D eigenvalue weighted by molar-refractivity contribution is 7.99. The fourth-order valence-electron chi connectivity index (χ4n) is 1.20. The van der Waals surface area contributed by atoms with Gasteiger partial charge in [0.1, 0.15) is 22.1 Å². The number of carbonyl (C=O) groups excluding carboxylic acids is 1. The van der Waals surface area contributed by atoms with Gasteiger partial charge < -0.3 is 5.32 Å². The van der Waals surface area contributed by atoms with Crippen LogP contribution < -0.4 is 5.32 Å². The Morgan fingerprint density at radius 3 is 2.31 bits per heavy atom. The number of hydrogen-bond acceptors (Lipinski definition) is 5. The quantitative estimate of drug-likeness (QED) is 0.649. The third-order valence-corrected chi connectivity index (χ3v) is 3.30. The predicted molar refractivity (Wildman–Crippen MR) is 69.1 cm³/mol. The largest absolute Gasteiger partial charge is 0.322 e. The van der Waals surface area contributed by atoms with Gasteiger partial charge in [-0.25, -0.2) is 9.97 Å². The number of carbonyl (C=O) groups is 1. The first-order valence-electron chi connectivity index (χ1n) is 4.95.